The molecule has 0 unspecified atom stereocenters. The third-order valence-corrected chi connectivity index (χ3v) is 8.35. The molecule has 1 aromatic carbocycles. The van der Waals surface area contributed by atoms with Crippen molar-refractivity contribution >= 4 is 50.3 Å². The van der Waals surface area contributed by atoms with Crippen LogP contribution in [0, 0.1) is 11.6 Å². The van der Waals surface area contributed by atoms with Gasteiger partial charge in [0.05, 0.1) is 39.1 Å². The first-order chi connectivity index (χ1) is 19.6. The molecule has 6 heterocycles. The largest absolute Gasteiger partial charge is 0.477 e. The second-order valence-electron chi connectivity index (χ2n) is 10.7. The zero-order valence-electron chi connectivity index (χ0n) is 22.0. The lowest BCUT2D eigenvalue weighted by Crippen LogP contribution is -2.40. The number of nitrogens with zero attached hydrogens (tertiary/aromatic N) is 4. The van der Waals surface area contributed by atoms with Crippen molar-refractivity contribution in [3.05, 3.63) is 58.1 Å². The van der Waals surface area contributed by atoms with Crippen molar-refractivity contribution in [1.82, 2.24) is 24.8 Å². The summed E-state index contributed by atoms with van der Waals surface area (Å²) in [6.45, 7) is 0.968. The van der Waals surface area contributed by atoms with Crippen LogP contribution in [0.25, 0.3) is 44.1 Å². The zero-order valence-corrected chi connectivity index (χ0v) is 22.0. The fourth-order valence-corrected chi connectivity index (χ4v) is 6.49. The molecule has 0 spiro atoms. The molecule has 210 valence electrons. The highest BCUT2D eigenvalue weighted by Gasteiger charge is 2.54. The minimum absolute atomic E-state index is 0.0313. The maximum Gasteiger partial charge on any atom is 0.341 e. The Morgan fingerprint density at radius 2 is 1.98 bits per heavy atom. The van der Waals surface area contributed by atoms with Gasteiger partial charge < -0.3 is 30.2 Å². The predicted octanol–water partition coefficient (Wildman–Crippen LogP) is 3.87. The number of hydrogen-bond donors (Lipinski definition) is 4. The number of carbonyl (C=O) groups is 1. The fraction of sp³-hybridized carbons (Fsp3) is 0.286. The van der Waals surface area contributed by atoms with Crippen molar-refractivity contribution < 1.29 is 23.1 Å². The number of fused-ring (bicyclic) bond motifs is 5. The number of nitrogens with one attached hydrogen (secondary N) is 3. The van der Waals surface area contributed by atoms with E-state index in [0.29, 0.717) is 41.1 Å². The fourth-order valence-electron chi connectivity index (χ4n) is 6.49. The number of rotatable bonds is 4. The van der Waals surface area contributed by atoms with Crippen molar-refractivity contribution in [2.45, 2.75) is 18.1 Å². The molecule has 2 fully saturated rings. The van der Waals surface area contributed by atoms with E-state index >= 15 is 8.78 Å². The average Bonchev–Trinajstić information content (AvgIpc) is 3.57. The molecule has 4 aromatic heterocycles. The first-order valence-electron chi connectivity index (χ1n) is 13.0. The number of anilines is 2. The monoisotopic (exact) mass is 563 g/mol. The van der Waals surface area contributed by atoms with Crippen LogP contribution in [-0.4, -0.2) is 81.4 Å². The first-order valence-corrected chi connectivity index (χ1v) is 13.0. The average molecular weight is 564 g/mol. The molecular weight excluding hydrogens is 539 g/mol. The predicted molar refractivity (Wildman–Crippen MR) is 148 cm³/mol. The molecule has 0 radical (unpaired) electrons. The van der Waals surface area contributed by atoms with Gasteiger partial charge in [0, 0.05) is 68.9 Å². The standard InChI is InChI=1S/C28H24F3N7O3/c1-32-17-6-16(29)21(30)19-20-23(38-4-3-28(31)11-37(2)10-18(28)38)14(8-35-26(20)36-22(17)19)12-5-13-24(39)15(27(40)41)9-34-25(13)33-7-12/h5-9,18,32H,3-4,10-11H2,1-2H3,(H,35,36)(H,40,41)(H,33,34,39)/t18-,28-/m1/s1. The third kappa shape index (κ3) is 3.54. The second-order valence-corrected chi connectivity index (χ2v) is 10.7. The lowest BCUT2D eigenvalue weighted by atomic mass is 9.98. The third-order valence-electron chi connectivity index (χ3n) is 8.35. The highest BCUT2D eigenvalue weighted by Crippen LogP contribution is 2.48. The molecule has 0 saturated carbocycles. The van der Waals surface area contributed by atoms with Gasteiger partial charge in [-0.25, -0.2) is 27.9 Å². The van der Waals surface area contributed by atoms with Crippen molar-refractivity contribution in [1.29, 1.82) is 0 Å². The van der Waals surface area contributed by atoms with Gasteiger partial charge in [-0.3, -0.25) is 4.79 Å². The summed E-state index contributed by atoms with van der Waals surface area (Å²) in [5.41, 5.74) is -0.359. The van der Waals surface area contributed by atoms with E-state index in [1.165, 1.54) is 18.5 Å². The van der Waals surface area contributed by atoms with Crippen LogP contribution >= 0.6 is 0 Å². The second kappa shape index (κ2) is 8.67. The Hall–Kier alpha value is -4.65. The minimum atomic E-state index is -1.51. The lowest BCUT2D eigenvalue weighted by Gasteiger charge is -2.30. The highest BCUT2D eigenvalue weighted by atomic mass is 19.2. The summed E-state index contributed by atoms with van der Waals surface area (Å²) in [5.74, 6) is -3.51. The summed E-state index contributed by atoms with van der Waals surface area (Å²) in [6, 6.07) is 1.98. The number of hydrogen-bond acceptors (Lipinski definition) is 7. The number of carboxylic acid groups (broad SMARTS) is 1. The van der Waals surface area contributed by atoms with Gasteiger partial charge in [-0.05, 0) is 13.1 Å². The van der Waals surface area contributed by atoms with E-state index in [1.807, 2.05) is 16.8 Å². The first kappa shape index (κ1) is 25.3. The van der Waals surface area contributed by atoms with E-state index in [2.05, 4.69) is 25.3 Å². The number of likely N-dealkylation sites (N-methyl/N-ethyl adjacent to an activating group) is 1. The summed E-state index contributed by atoms with van der Waals surface area (Å²) in [7, 11) is 3.42. The molecule has 2 aliphatic rings. The van der Waals surface area contributed by atoms with Crippen LogP contribution in [0.1, 0.15) is 16.8 Å². The molecule has 13 heteroatoms. The quantitative estimate of drug-likeness (QED) is 0.259. The number of aromatic nitrogens is 4. The molecule has 10 nitrogen and oxygen atoms in total. The van der Waals surface area contributed by atoms with Gasteiger partial charge >= 0.3 is 5.97 Å². The van der Waals surface area contributed by atoms with Crippen LogP contribution in [0.3, 0.4) is 0 Å². The van der Waals surface area contributed by atoms with Crippen molar-refractivity contribution in [2.75, 3.05) is 43.9 Å². The van der Waals surface area contributed by atoms with Gasteiger partial charge in [-0.1, -0.05) is 0 Å². The Morgan fingerprint density at radius 1 is 1.20 bits per heavy atom. The van der Waals surface area contributed by atoms with Gasteiger partial charge in [-0.15, -0.1) is 0 Å². The number of benzene rings is 1. The number of halogens is 3. The Bertz CT molecular complexity index is 1990. The normalized spacial score (nSPS) is 20.9. The van der Waals surface area contributed by atoms with E-state index in [9.17, 15) is 19.1 Å². The highest BCUT2D eigenvalue weighted by molar-refractivity contribution is 6.18. The van der Waals surface area contributed by atoms with Gasteiger partial charge in [0.15, 0.2) is 11.6 Å². The Morgan fingerprint density at radius 3 is 2.73 bits per heavy atom. The van der Waals surface area contributed by atoms with Crippen molar-refractivity contribution in [2.24, 2.45) is 0 Å². The molecule has 2 aliphatic heterocycles. The number of H-pyrrole nitrogens is 2. The number of carboxylic acids is 1. The Labute approximate surface area is 229 Å². The van der Waals surface area contributed by atoms with Gasteiger partial charge in [0.2, 0.25) is 5.43 Å². The summed E-state index contributed by atoms with van der Waals surface area (Å²) in [5, 5.41) is 12.6. The number of alkyl halides is 1. The van der Waals surface area contributed by atoms with E-state index in [0.717, 1.165) is 12.3 Å². The number of aromatic amines is 2. The van der Waals surface area contributed by atoms with E-state index in [-0.39, 0.29) is 40.4 Å². The molecule has 7 rings (SSSR count). The molecule has 5 aromatic rings. The van der Waals surface area contributed by atoms with Gasteiger partial charge in [-0.2, -0.15) is 0 Å². The van der Waals surface area contributed by atoms with Crippen LogP contribution in [0.5, 0.6) is 0 Å². The van der Waals surface area contributed by atoms with E-state index in [1.54, 1.807) is 7.05 Å². The molecule has 2 saturated heterocycles. The van der Waals surface area contributed by atoms with Crippen molar-refractivity contribution in [3.8, 4) is 11.1 Å². The smallest absolute Gasteiger partial charge is 0.341 e. The SMILES string of the molecule is CNc1cc(F)c(F)c2c1[nH]c1ncc(-c3cnc4[nH]cc(C(=O)O)c(=O)c4c3)c(N3CC[C@@]4(F)CN(C)C[C@@H]34)c12. The summed E-state index contributed by atoms with van der Waals surface area (Å²) in [4.78, 5) is 43.1. The Balaban J connectivity index is 1.57. The minimum Gasteiger partial charge on any atom is -0.477 e. The molecule has 0 aliphatic carbocycles. The number of likely N-dealkylation sites (tertiary alicyclic amines) is 1. The van der Waals surface area contributed by atoms with E-state index < -0.39 is 40.3 Å². The van der Waals surface area contributed by atoms with Crippen molar-refractivity contribution in [3.63, 3.8) is 0 Å². The molecular formula is C28H24F3N7O3. The van der Waals surface area contributed by atoms with Crippen LogP contribution < -0.4 is 15.6 Å². The lowest BCUT2D eigenvalue weighted by molar-refractivity contribution is 0.0695. The zero-order chi connectivity index (χ0) is 28.8. The summed E-state index contributed by atoms with van der Waals surface area (Å²) in [6.07, 6.45) is 4.33. The van der Waals surface area contributed by atoms with Crippen LogP contribution in [0.2, 0.25) is 0 Å². The molecule has 41 heavy (non-hydrogen) atoms. The number of pyridine rings is 3. The summed E-state index contributed by atoms with van der Waals surface area (Å²) < 4.78 is 46.6. The molecule has 0 amide bonds. The van der Waals surface area contributed by atoms with Gasteiger partial charge in [0.1, 0.15) is 22.5 Å². The molecule has 4 N–H and O–H groups in total. The van der Waals surface area contributed by atoms with Crippen LogP contribution in [-0.2, 0) is 0 Å². The topological polar surface area (TPSA) is 130 Å². The number of aromatic carboxylic acids is 1. The van der Waals surface area contributed by atoms with Gasteiger partial charge in [0.25, 0.3) is 0 Å². The Kier molecular flexibility index (Phi) is 5.36. The molecule has 2 atom stereocenters. The maximum absolute atomic E-state index is 16.1. The van der Waals surface area contributed by atoms with E-state index in [4.69, 9.17) is 0 Å². The van der Waals surface area contributed by atoms with Crippen LogP contribution in [0.15, 0.2) is 35.5 Å². The molecule has 0 bridgehead atoms. The maximum atomic E-state index is 16.1. The van der Waals surface area contributed by atoms with Crippen LogP contribution in [0.4, 0.5) is 24.5 Å². The summed E-state index contributed by atoms with van der Waals surface area (Å²) >= 11 is 0.